The first-order chi connectivity index (χ1) is 11.8. The average molecular weight is 339 g/mol. The van der Waals surface area contributed by atoms with Crippen LogP contribution in [0.1, 0.15) is 33.3 Å². The van der Waals surface area contributed by atoms with Crippen molar-refractivity contribution in [3.05, 3.63) is 48.0 Å². The van der Waals surface area contributed by atoms with E-state index in [1.54, 1.807) is 4.90 Å². The fourth-order valence-electron chi connectivity index (χ4n) is 4.81. The molecule has 4 heteroatoms. The molecule has 4 rings (SSSR count). The van der Waals surface area contributed by atoms with Gasteiger partial charge >= 0.3 is 0 Å². The van der Waals surface area contributed by atoms with Crippen molar-refractivity contribution in [2.75, 3.05) is 6.61 Å². The van der Waals surface area contributed by atoms with E-state index in [1.807, 2.05) is 70.2 Å². The van der Waals surface area contributed by atoms with E-state index in [-0.39, 0.29) is 17.9 Å². The van der Waals surface area contributed by atoms with Crippen LogP contribution in [0.3, 0.4) is 0 Å². The van der Waals surface area contributed by atoms with Gasteiger partial charge in [0.2, 0.25) is 5.91 Å². The maximum atomic E-state index is 13.3. The molecule has 0 spiro atoms. The summed E-state index contributed by atoms with van der Waals surface area (Å²) in [6.07, 6.45) is 0. The minimum absolute atomic E-state index is 0.0158. The summed E-state index contributed by atoms with van der Waals surface area (Å²) in [5.41, 5.74) is -1.13. The molecule has 2 saturated heterocycles. The molecule has 132 valence electrons. The maximum Gasteiger partial charge on any atom is 0.231 e. The van der Waals surface area contributed by atoms with Crippen LogP contribution in [0.15, 0.2) is 42.5 Å². The quantitative estimate of drug-likeness (QED) is 0.913. The van der Waals surface area contributed by atoms with Gasteiger partial charge in [-0.25, -0.2) is 0 Å². The number of hydrogen-bond donors (Lipinski definition) is 1. The zero-order chi connectivity index (χ0) is 18.0. The molecule has 2 aromatic rings. The summed E-state index contributed by atoms with van der Waals surface area (Å²) >= 11 is 0. The average Bonchev–Trinajstić information content (AvgIpc) is 3.01. The van der Waals surface area contributed by atoms with Gasteiger partial charge in [-0.2, -0.15) is 0 Å². The number of carbonyl (C=O) groups excluding carboxylic acids is 1. The third-order valence-electron chi connectivity index (χ3n) is 5.86. The van der Waals surface area contributed by atoms with E-state index in [2.05, 4.69) is 0 Å². The number of benzene rings is 2. The molecular formula is C21H25NO3. The van der Waals surface area contributed by atoms with E-state index in [4.69, 9.17) is 4.74 Å². The van der Waals surface area contributed by atoms with Crippen LogP contribution in [0.2, 0.25) is 0 Å². The van der Waals surface area contributed by atoms with Crippen LogP contribution in [0, 0.1) is 11.8 Å². The number of rotatable bonds is 2. The lowest BCUT2D eigenvalue weighted by Crippen LogP contribution is -2.47. The van der Waals surface area contributed by atoms with E-state index < -0.39 is 17.2 Å². The minimum atomic E-state index is -1.26. The SMILES string of the molecule is CC(C)[C@H]1C(=O)N2C(COC2(C)C)[C@]1(O)c1cccc2ccccc12. The van der Waals surface area contributed by atoms with Crippen LogP contribution in [0.5, 0.6) is 0 Å². The summed E-state index contributed by atoms with van der Waals surface area (Å²) in [5, 5.41) is 14.1. The molecule has 0 aliphatic carbocycles. The fraction of sp³-hybridized carbons (Fsp3) is 0.476. The molecule has 25 heavy (non-hydrogen) atoms. The Hall–Kier alpha value is -1.91. The molecular weight excluding hydrogens is 314 g/mol. The van der Waals surface area contributed by atoms with Gasteiger partial charge in [-0.1, -0.05) is 56.3 Å². The number of carbonyl (C=O) groups is 1. The summed E-state index contributed by atoms with van der Waals surface area (Å²) in [7, 11) is 0. The second kappa shape index (κ2) is 5.29. The largest absolute Gasteiger partial charge is 0.382 e. The minimum Gasteiger partial charge on any atom is -0.382 e. The summed E-state index contributed by atoms with van der Waals surface area (Å²) in [6.45, 7) is 8.17. The van der Waals surface area contributed by atoms with Crippen molar-refractivity contribution in [1.82, 2.24) is 4.90 Å². The summed E-state index contributed by atoms with van der Waals surface area (Å²) in [5.74, 6) is -0.470. The molecule has 2 heterocycles. The van der Waals surface area contributed by atoms with Gasteiger partial charge < -0.3 is 14.7 Å². The van der Waals surface area contributed by atoms with Gasteiger partial charge in [-0.05, 0) is 36.1 Å². The Bertz CT molecular complexity index is 839. The molecule has 0 aromatic heterocycles. The molecule has 0 radical (unpaired) electrons. The zero-order valence-electron chi connectivity index (χ0n) is 15.2. The van der Waals surface area contributed by atoms with Crippen molar-refractivity contribution in [3.8, 4) is 0 Å². The Morgan fingerprint density at radius 2 is 1.84 bits per heavy atom. The van der Waals surface area contributed by atoms with Crippen LogP contribution in [0.4, 0.5) is 0 Å². The van der Waals surface area contributed by atoms with Crippen LogP contribution in [-0.2, 0) is 15.1 Å². The molecule has 1 amide bonds. The molecule has 0 saturated carbocycles. The van der Waals surface area contributed by atoms with Crippen LogP contribution >= 0.6 is 0 Å². The predicted octanol–water partition coefficient (Wildman–Crippen LogP) is 3.28. The highest BCUT2D eigenvalue weighted by atomic mass is 16.5. The normalized spacial score (nSPS) is 31.1. The fourth-order valence-corrected chi connectivity index (χ4v) is 4.81. The third-order valence-corrected chi connectivity index (χ3v) is 5.86. The van der Waals surface area contributed by atoms with Gasteiger partial charge in [-0.3, -0.25) is 4.79 Å². The molecule has 2 fully saturated rings. The zero-order valence-corrected chi connectivity index (χ0v) is 15.2. The summed E-state index contributed by atoms with van der Waals surface area (Å²) in [4.78, 5) is 15.0. The number of nitrogens with zero attached hydrogens (tertiary/aromatic N) is 1. The van der Waals surface area contributed by atoms with Crippen molar-refractivity contribution in [3.63, 3.8) is 0 Å². The van der Waals surface area contributed by atoms with E-state index in [9.17, 15) is 9.90 Å². The Morgan fingerprint density at radius 3 is 2.56 bits per heavy atom. The Labute approximate surface area is 148 Å². The Morgan fingerprint density at radius 1 is 1.16 bits per heavy atom. The lowest BCUT2D eigenvalue weighted by Gasteiger charge is -2.35. The van der Waals surface area contributed by atoms with Gasteiger partial charge in [0.15, 0.2) is 0 Å². The highest BCUT2D eigenvalue weighted by molar-refractivity contribution is 5.91. The van der Waals surface area contributed by atoms with Crippen molar-refractivity contribution >= 4 is 16.7 Å². The number of amides is 1. The van der Waals surface area contributed by atoms with Gasteiger partial charge in [-0.15, -0.1) is 0 Å². The van der Waals surface area contributed by atoms with E-state index in [0.29, 0.717) is 6.61 Å². The standard InChI is InChI=1S/C21H25NO3/c1-13(2)18-19(23)22-17(12-25-20(22,3)4)21(18,24)16-11-7-9-14-8-5-6-10-15(14)16/h5-11,13,17-18,24H,12H2,1-4H3/t17?,18-,21+/m0/s1. The van der Waals surface area contributed by atoms with E-state index in [0.717, 1.165) is 16.3 Å². The molecule has 1 unspecified atom stereocenters. The van der Waals surface area contributed by atoms with Gasteiger partial charge in [0.25, 0.3) is 0 Å². The second-order valence-corrected chi connectivity index (χ2v) is 8.06. The number of fused-ring (bicyclic) bond motifs is 2. The van der Waals surface area contributed by atoms with Crippen molar-refractivity contribution in [2.45, 2.75) is 45.1 Å². The third kappa shape index (κ3) is 2.10. The van der Waals surface area contributed by atoms with E-state index >= 15 is 0 Å². The molecule has 4 nitrogen and oxygen atoms in total. The first-order valence-electron chi connectivity index (χ1n) is 8.96. The first-order valence-corrected chi connectivity index (χ1v) is 8.96. The topological polar surface area (TPSA) is 49.8 Å². The van der Waals surface area contributed by atoms with E-state index in [1.165, 1.54) is 0 Å². The Balaban J connectivity index is 1.98. The van der Waals surface area contributed by atoms with Crippen LogP contribution in [-0.4, -0.2) is 34.3 Å². The molecule has 1 N–H and O–H groups in total. The number of ether oxygens (including phenoxy) is 1. The molecule has 2 aromatic carbocycles. The van der Waals surface area contributed by atoms with Gasteiger partial charge in [0, 0.05) is 0 Å². The van der Waals surface area contributed by atoms with Gasteiger partial charge in [0.1, 0.15) is 11.3 Å². The number of aliphatic hydroxyl groups is 1. The van der Waals surface area contributed by atoms with Gasteiger partial charge in [0.05, 0.1) is 18.6 Å². The highest BCUT2D eigenvalue weighted by Crippen LogP contribution is 2.52. The maximum absolute atomic E-state index is 13.3. The summed E-state index contributed by atoms with van der Waals surface area (Å²) in [6, 6.07) is 13.6. The van der Waals surface area contributed by atoms with Crippen molar-refractivity contribution < 1.29 is 14.6 Å². The lowest BCUT2D eigenvalue weighted by molar-refractivity contribution is -0.147. The van der Waals surface area contributed by atoms with Crippen LogP contribution < -0.4 is 0 Å². The second-order valence-electron chi connectivity index (χ2n) is 8.06. The lowest BCUT2D eigenvalue weighted by atomic mass is 9.73. The predicted molar refractivity (Wildman–Crippen MR) is 96.8 cm³/mol. The Kier molecular flexibility index (Phi) is 3.50. The van der Waals surface area contributed by atoms with Crippen molar-refractivity contribution in [2.24, 2.45) is 11.8 Å². The monoisotopic (exact) mass is 339 g/mol. The molecule has 2 aliphatic rings. The molecule has 0 bridgehead atoms. The smallest absolute Gasteiger partial charge is 0.231 e. The highest BCUT2D eigenvalue weighted by Gasteiger charge is 2.66. The van der Waals surface area contributed by atoms with Crippen molar-refractivity contribution in [1.29, 1.82) is 0 Å². The molecule has 3 atom stereocenters. The number of hydrogen-bond acceptors (Lipinski definition) is 3. The molecule has 2 aliphatic heterocycles. The van der Waals surface area contributed by atoms with Crippen LogP contribution in [0.25, 0.3) is 10.8 Å². The summed E-state index contributed by atoms with van der Waals surface area (Å²) < 4.78 is 5.88. The first kappa shape index (κ1) is 16.6.